The van der Waals surface area contributed by atoms with E-state index in [1.807, 2.05) is 103 Å². The Morgan fingerprint density at radius 2 is 0.569 bits per heavy atom. The van der Waals surface area contributed by atoms with E-state index in [0.29, 0.717) is 0 Å². The summed E-state index contributed by atoms with van der Waals surface area (Å²) in [5.41, 5.74) is 11.9. The second-order valence-electron chi connectivity index (χ2n) is 12.0. The third-order valence-corrected chi connectivity index (χ3v) is 8.36. The van der Waals surface area contributed by atoms with Crippen LogP contribution in [0.1, 0.15) is 33.4 Å². The van der Waals surface area contributed by atoms with Crippen LogP contribution >= 0.6 is 0 Å². The number of benzene rings is 7. The Bertz CT molecular complexity index is 2090. The fourth-order valence-electron chi connectivity index (χ4n) is 5.60. The third kappa shape index (κ3) is 9.20. The first kappa shape index (κ1) is 32.7. The van der Waals surface area contributed by atoms with Gasteiger partial charge in [0.15, 0.2) is 0 Å². The van der Waals surface area contributed by atoms with Gasteiger partial charge in [-0.15, -0.1) is 0 Å². The van der Waals surface area contributed by atoms with Crippen LogP contribution in [0.25, 0.3) is 24.3 Å². The molecule has 0 aliphatic carbocycles. The van der Waals surface area contributed by atoms with Crippen LogP contribution in [-0.4, -0.2) is 12.4 Å². The molecule has 0 aliphatic heterocycles. The van der Waals surface area contributed by atoms with Crippen molar-refractivity contribution in [1.29, 1.82) is 0 Å². The van der Waals surface area contributed by atoms with E-state index in [-0.39, 0.29) is 0 Å². The molecule has 0 N–H and O–H groups in total. The monoisotopic (exact) mass is 655 g/mol. The van der Waals surface area contributed by atoms with Crippen molar-refractivity contribution in [1.82, 2.24) is 0 Å². The Balaban J connectivity index is 1.02. The molecule has 0 atom stereocenters. The number of hydrogen-bond donors (Lipinski definition) is 0. The molecule has 0 saturated carbocycles. The first-order valence-corrected chi connectivity index (χ1v) is 17.1. The van der Waals surface area contributed by atoms with Crippen LogP contribution in [0, 0.1) is 0 Å². The van der Waals surface area contributed by atoms with Gasteiger partial charge in [-0.2, -0.15) is 0 Å². The molecule has 51 heavy (non-hydrogen) atoms. The normalized spacial score (nSPS) is 11.6. The Kier molecular flexibility index (Phi) is 10.6. The quantitative estimate of drug-likeness (QED) is 0.101. The number of para-hydroxylation sites is 1. The molecule has 3 heteroatoms. The van der Waals surface area contributed by atoms with Gasteiger partial charge in [-0.3, -0.25) is 9.98 Å². The minimum absolute atomic E-state index is 0.932. The maximum atomic E-state index is 4.59. The molecular formula is C48H37N3. The maximum Gasteiger partial charge on any atom is 0.0630 e. The lowest BCUT2D eigenvalue weighted by Crippen LogP contribution is -2.09. The summed E-state index contributed by atoms with van der Waals surface area (Å²) in [4.78, 5) is 11.5. The molecule has 0 bridgehead atoms. The van der Waals surface area contributed by atoms with Crippen molar-refractivity contribution in [3.05, 3.63) is 221 Å². The molecular weight excluding hydrogens is 619 g/mol. The zero-order valence-electron chi connectivity index (χ0n) is 28.2. The molecule has 7 aromatic carbocycles. The fourth-order valence-corrected chi connectivity index (χ4v) is 5.60. The van der Waals surface area contributed by atoms with E-state index in [0.717, 1.165) is 61.8 Å². The highest BCUT2D eigenvalue weighted by Crippen LogP contribution is 2.35. The Morgan fingerprint density at radius 1 is 0.275 bits per heavy atom. The molecule has 7 rings (SSSR count). The van der Waals surface area contributed by atoms with Gasteiger partial charge in [0, 0.05) is 29.5 Å². The zero-order chi connectivity index (χ0) is 34.5. The van der Waals surface area contributed by atoms with Crippen LogP contribution in [0.15, 0.2) is 198 Å². The van der Waals surface area contributed by atoms with Crippen molar-refractivity contribution in [2.24, 2.45) is 9.98 Å². The number of anilines is 3. The van der Waals surface area contributed by atoms with Crippen LogP contribution in [0.3, 0.4) is 0 Å². The van der Waals surface area contributed by atoms with Crippen LogP contribution < -0.4 is 4.90 Å². The smallest absolute Gasteiger partial charge is 0.0630 e. The summed E-state index contributed by atoms with van der Waals surface area (Å²) in [5.74, 6) is 0. The average molecular weight is 656 g/mol. The van der Waals surface area contributed by atoms with Gasteiger partial charge in [0.2, 0.25) is 0 Å². The Labute approximate surface area is 300 Å². The molecule has 0 fully saturated rings. The first-order valence-electron chi connectivity index (χ1n) is 17.1. The van der Waals surface area contributed by atoms with E-state index in [2.05, 4.69) is 136 Å². The SMILES string of the molecule is C(=Nc1ccc(/C=C/c2ccc(N(c3ccccc3)c3ccc(/C=C/c4ccc(N=Cc5ccccc5)cc4)cc3)cc2)cc1)c1ccccc1. The van der Waals surface area contributed by atoms with E-state index in [1.165, 1.54) is 0 Å². The van der Waals surface area contributed by atoms with E-state index in [1.54, 1.807) is 0 Å². The van der Waals surface area contributed by atoms with Gasteiger partial charge >= 0.3 is 0 Å². The minimum atomic E-state index is 0.932. The van der Waals surface area contributed by atoms with Crippen molar-refractivity contribution in [2.75, 3.05) is 4.90 Å². The summed E-state index contributed by atoms with van der Waals surface area (Å²) in [6.45, 7) is 0. The summed E-state index contributed by atoms with van der Waals surface area (Å²) in [6, 6.07) is 64.7. The summed E-state index contributed by atoms with van der Waals surface area (Å²) < 4.78 is 0. The molecule has 0 aliphatic rings. The number of hydrogen-bond acceptors (Lipinski definition) is 3. The van der Waals surface area contributed by atoms with Crippen molar-refractivity contribution in [2.45, 2.75) is 0 Å². The van der Waals surface area contributed by atoms with Gasteiger partial charge in [0.1, 0.15) is 0 Å². The molecule has 3 nitrogen and oxygen atoms in total. The molecule has 0 amide bonds. The minimum Gasteiger partial charge on any atom is -0.311 e. The van der Waals surface area contributed by atoms with Gasteiger partial charge < -0.3 is 4.90 Å². The first-order chi connectivity index (χ1) is 25.2. The molecule has 0 spiro atoms. The van der Waals surface area contributed by atoms with Gasteiger partial charge in [0.25, 0.3) is 0 Å². The topological polar surface area (TPSA) is 28.0 Å². The van der Waals surface area contributed by atoms with Gasteiger partial charge in [0.05, 0.1) is 11.4 Å². The highest BCUT2D eigenvalue weighted by molar-refractivity contribution is 5.83. The molecule has 0 heterocycles. The average Bonchev–Trinajstić information content (AvgIpc) is 3.21. The fraction of sp³-hybridized carbons (Fsp3) is 0. The van der Waals surface area contributed by atoms with E-state index < -0.39 is 0 Å². The van der Waals surface area contributed by atoms with Crippen molar-refractivity contribution < 1.29 is 0 Å². The standard InChI is InChI=1S/C48H37N3/c1-4-10-42(11-5-1)36-49-44-28-20-38(21-29-44)16-18-40-24-32-47(33-25-40)51(46-14-8-3-9-15-46)48-34-26-41(27-35-48)19-17-39-22-30-45(31-23-39)50-37-43-12-6-2-7-13-43/h1-37H/b18-16+,19-17+,49-36?,50-37?. The predicted molar refractivity (Wildman–Crippen MR) is 219 cm³/mol. The third-order valence-electron chi connectivity index (χ3n) is 8.36. The number of aliphatic imine (C=N–C) groups is 2. The van der Waals surface area contributed by atoms with Crippen LogP contribution in [0.2, 0.25) is 0 Å². The molecule has 0 saturated heterocycles. The van der Waals surface area contributed by atoms with Crippen molar-refractivity contribution >= 4 is 65.2 Å². The van der Waals surface area contributed by atoms with E-state index in [4.69, 9.17) is 0 Å². The van der Waals surface area contributed by atoms with Gasteiger partial charge in [-0.1, -0.05) is 152 Å². The Morgan fingerprint density at radius 3 is 0.922 bits per heavy atom. The van der Waals surface area contributed by atoms with Gasteiger partial charge in [-0.25, -0.2) is 0 Å². The highest BCUT2D eigenvalue weighted by atomic mass is 15.1. The predicted octanol–water partition coefficient (Wildman–Crippen LogP) is 13.0. The number of rotatable bonds is 11. The molecule has 244 valence electrons. The van der Waals surface area contributed by atoms with Gasteiger partial charge in [-0.05, 0) is 94.0 Å². The maximum absolute atomic E-state index is 4.59. The lowest BCUT2D eigenvalue weighted by Gasteiger charge is -2.25. The summed E-state index contributed by atoms with van der Waals surface area (Å²) >= 11 is 0. The van der Waals surface area contributed by atoms with E-state index in [9.17, 15) is 0 Å². The number of nitrogens with zero attached hydrogens (tertiary/aromatic N) is 3. The Hall–Kier alpha value is -6.84. The molecule has 7 aromatic rings. The summed E-state index contributed by atoms with van der Waals surface area (Å²) in [5, 5.41) is 0. The van der Waals surface area contributed by atoms with Crippen LogP contribution in [0.4, 0.5) is 28.4 Å². The molecule has 0 aromatic heterocycles. The lowest BCUT2D eigenvalue weighted by atomic mass is 10.1. The summed E-state index contributed by atoms with van der Waals surface area (Å²) in [7, 11) is 0. The lowest BCUT2D eigenvalue weighted by molar-refractivity contribution is 1.28. The summed E-state index contributed by atoms with van der Waals surface area (Å²) in [6.07, 6.45) is 12.3. The van der Waals surface area contributed by atoms with Crippen LogP contribution in [-0.2, 0) is 0 Å². The molecule has 0 unspecified atom stereocenters. The highest BCUT2D eigenvalue weighted by Gasteiger charge is 2.12. The van der Waals surface area contributed by atoms with Crippen molar-refractivity contribution in [3.8, 4) is 0 Å². The zero-order valence-corrected chi connectivity index (χ0v) is 28.2. The second-order valence-corrected chi connectivity index (χ2v) is 12.0. The van der Waals surface area contributed by atoms with E-state index >= 15 is 0 Å². The largest absolute Gasteiger partial charge is 0.311 e. The molecule has 0 radical (unpaired) electrons. The van der Waals surface area contributed by atoms with Crippen LogP contribution in [0.5, 0.6) is 0 Å². The second kappa shape index (κ2) is 16.5. The van der Waals surface area contributed by atoms with Crippen molar-refractivity contribution in [3.63, 3.8) is 0 Å².